The average molecular weight is 911 g/mol. The number of allylic oxidation sites excluding steroid dienone is 22. The summed E-state index contributed by atoms with van der Waals surface area (Å²) in [4.78, 5) is 25.4. The average Bonchev–Trinajstić information content (AvgIpc) is 3.32. The summed E-state index contributed by atoms with van der Waals surface area (Å²) in [6.07, 6.45) is 78.9. The summed E-state index contributed by atoms with van der Waals surface area (Å²) in [5, 5.41) is 0. The van der Waals surface area contributed by atoms with Crippen molar-refractivity contribution >= 4 is 11.9 Å². The molecule has 372 valence electrons. The van der Waals surface area contributed by atoms with Crippen LogP contribution in [0, 0.1) is 0 Å². The summed E-state index contributed by atoms with van der Waals surface area (Å²) in [5.41, 5.74) is 0. The lowest BCUT2D eigenvalue weighted by Crippen LogP contribution is -2.30. The van der Waals surface area contributed by atoms with Crippen LogP contribution in [-0.4, -0.2) is 37.9 Å². The molecule has 0 amide bonds. The van der Waals surface area contributed by atoms with E-state index in [4.69, 9.17) is 14.2 Å². The number of ether oxygens (including phenoxy) is 3. The van der Waals surface area contributed by atoms with E-state index in [2.05, 4.69) is 154 Å². The summed E-state index contributed by atoms with van der Waals surface area (Å²) in [5.74, 6) is -0.460. The second-order valence-electron chi connectivity index (χ2n) is 17.0. The molecule has 0 saturated carbocycles. The van der Waals surface area contributed by atoms with Crippen molar-refractivity contribution < 1.29 is 23.8 Å². The van der Waals surface area contributed by atoms with Crippen LogP contribution < -0.4 is 0 Å². The molecule has 0 aliphatic carbocycles. The maximum atomic E-state index is 12.8. The van der Waals surface area contributed by atoms with E-state index >= 15 is 0 Å². The SMILES string of the molecule is CC/C=C\C/C=C\C/C=C\C/C=C\C/C=C\CCCCCCOCC(COC(=O)CCCCCCC/C=C\C/C=C\C/C=C\CC)OC(=O)CCCCCCC/C=C\C/C=C\C/C=C\CC. The molecule has 0 fully saturated rings. The fraction of sp³-hybridized carbons (Fsp3) is 0.607. The van der Waals surface area contributed by atoms with Gasteiger partial charge in [0, 0.05) is 19.4 Å². The Morgan fingerprint density at radius 1 is 0.333 bits per heavy atom. The molecule has 0 saturated heterocycles. The van der Waals surface area contributed by atoms with Gasteiger partial charge in [0.25, 0.3) is 0 Å². The van der Waals surface area contributed by atoms with Gasteiger partial charge in [-0.05, 0) is 128 Å². The minimum absolute atomic E-state index is 0.0496. The Kier molecular flexibility index (Phi) is 52.0. The molecule has 0 N–H and O–H groups in total. The number of esters is 2. The molecule has 1 unspecified atom stereocenters. The lowest BCUT2D eigenvalue weighted by Gasteiger charge is -2.18. The Bertz CT molecular complexity index is 1400. The van der Waals surface area contributed by atoms with Gasteiger partial charge in [0.2, 0.25) is 0 Å². The minimum Gasteiger partial charge on any atom is -0.462 e. The molecule has 0 aromatic rings. The standard InChI is InChI=1S/C61H98O5/c1-4-7-10-13-16-19-22-25-28-29-30-31-32-35-38-41-44-47-50-53-56-64-57-59(66-61(63)55-52-49-46-43-40-37-34-27-24-21-18-15-12-9-6-3)58-65-60(62)54-51-48-45-42-39-36-33-26-23-20-17-14-11-8-5-2/h7-12,16-21,25-28,30-31,33-35,38,59H,4-6,13-15,22-24,29,32,36-37,39-58H2,1-3H3/b10-7-,11-8-,12-9-,19-16-,20-17-,21-18-,28-25-,31-30-,33-26-,34-27-,38-35-. The van der Waals surface area contributed by atoms with Crippen molar-refractivity contribution in [3.63, 3.8) is 0 Å². The zero-order valence-electron chi connectivity index (χ0n) is 42.7. The second-order valence-corrected chi connectivity index (χ2v) is 17.0. The molecular weight excluding hydrogens is 813 g/mol. The monoisotopic (exact) mass is 911 g/mol. The molecule has 1 atom stereocenters. The third kappa shape index (κ3) is 52.7. The maximum Gasteiger partial charge on any atom is 0.306 e. The van der Waals surface area contributed by atoms with Crippen molar-refractivity contribution in [1.29, 1.82) is 0 Å². The molecule has 0 spiro atoms. The summed E-state index contributed by atoms with van der Waals surface area (Å²) in [6, 6.07) is 0. The molecule has 0 bridgehead atoms. The molecular formula is C61H98O5. The number of unbranched alkanes of at least 4 members (excludes halogenated alkanes) is 14. The number of carbonyl (C=O) groups excluding carboxylic acids is 2. The molecule has 0 aromatic heterocycles. The van der Waals surface area contributed by atoms with Gasteiger partial charge in [0.15, 0.2) is 6.10 Å². The van der Waals surface area contributed by atoms with Crippen LogP contribution >= 0.6 is 0 Å². The van der Waals surface area contributed by atoms with Crippen LogP contribution in [-0.2, 0) is 23.8 Å². The first-order chi connectivity index (χ1) is 32.6. The van der Waals surface area contributed by atoms with Crippen LogP contribution in [0.1, 0.15) is 213 Å². The maximum absolute atomic E-state index is 12.8. The molecule has 5 heteroatoms. The molecule has 0 aliphatic rings. The van der Waals surface area contributed by atoms with E-state index in [1.807, 2.05) is 0 Å². The van der Waals surface area contributed by atoms with Gasteiger partial charge in [-0.3, -0.25) is 9.59 Å². The fourth-order valence-corrected chi connectivity index (χ4v) is 6.80. The largest absolute Gasteiger partial charge is 0.462 e. The predicted octanol–water partition coefficient (Wildman–Crippen LogP) is 18.3. The third-order valence-electron chi connectivity index (χ3n) is 10.7. The van der Waals surface area contributed by atoms with Crippen LogP contribution in [0.25, 0.3) is 0 Å². The first-order valence-electron chi connectivity index (χ1n) is 26.7. The Labute approximate surface area is 407 Å². The summed E-state index contributed by atoms with van der Waals surface area (Å²) in [7, 11) is 0. The predicted molar refractivity (Wildman–Crippen MR) is 288 cm³/mol. The van der Waals surface area contributed by atoms with Crippen molar-refractivity contribution in [2.75, 3.05) is 19.8 Å². The second kappa shape index (κ2) is 55.4. The van der Waals surface area contributed by atoms with Gasteiger partial charge in [-0.1, -0.05) is 206 Å². The number of carbonyl (C=O) groups is 2. The van der Waals surface area contributed by atoms with E-state index in [-0.39, 0.29) is 25.2 Å². The van der Waals surface area contributed by atoms with Crippen LogP contribution in [0.3, 0.4) is 0 Å². The zero-order chi connectivity index (χ0) is 47.7. The smallest absolute Gasteiger partial charge is 0.306 e. The number of hydrogen-bond acceptors (Lipinski definition) is 5. The van der Waals surface area contributed by atoms with Crippen molar-refractivity contribution in [2.45, 2.75) is 219 Å². The van der Waals surface area contributed by atoms with Crippen molar-refractivity contribution in [2.24, 2.45) is 0 Å². The van der Waals surface area contributed by atoms with Crippen molar-refractivity contribution in [3.05, 3.63) is 134 Å². The minimum atomic E-state index is -0.576. The summed E-state index contributed by atoms with van der Waals surface area (Å²) in [6.45, 7) is 7.38. The van der Waals surface area contributed by atoms with E-state index in [1.165, 1.54) is 32.1 Å². The lowest BCUT2D eigenvalue weighted by atomic mass is 10.1. The van der Waals surface area contributed by atoms with E-state index < -0.39 is 6.10 Å². The van der Waals surface area contributed by atoms with E-state index in [0.717, 1.165) is 148 Å². The van der Waals surface area contributed by atoms with Gasteiger partial charge in [-0.2, -0.15) is 0 Å². The Morgan fingerprint density at radius 2 is 0.636 bits per heavy atom. The molecule has 5 nitrogen and oxygen atoms in total. The number of rotatable bonds is 47. The quantitative estimate of drug-likeness (QED) is 0.0346. The normalized spacial score (nSPS) is 13.3. The van der Waals surface area contributed by atoms with Crippen LogP contribution in [0.2, 0.25) is 0 Å². The Balaban J connectivity index is 4.41. The van der Waals surface area contributed by atoms with Crippen LogP contribution in [0.15, 0.2) is 134 Å². The molecule has 0 aliphatic heterocycles. The van der Waals surface area contributed by atoms with Crippen molar-refractivity contribution in [3.8, 4) is 0 Å². The molecule has 0 aromatic carbocycles. The van der Waals surface area contributed by atoms with E-state index in [1.54, 1.807) is 0 Å². The highest BCUT2D eigenvalue weighted by atomic mass is 16.6. The highest BCUT2D eigenvalue weighted by Crippen LogP contribution is 2.12. The van der Waals surface area contributed by atoms with E-state index in [9.17, 15) is 9.59 Å². The van der Waals surface area contributed by atoms with Gasteiger partial charge in [0.1, 0.15) is 6.61 Å². The number of hydrogen-bond donors (Lipinski definition) is 0. The molecule has 0 rings (SSSR count). The Hall–Kier alpha value is -3.96. The van der Waals surface area contributed by atoms with Gasteiger partial charge in [-0.25, -0.2) is 0 Å². The first kappa shape index (κ1) is 62.0. The van der Waals surface area contributed by atoms with Crippen molar-refractivity contribution in [1.82, 2.24) is 0 Å². The highest BCUT2D eigenvalue weighted by molar-refractivity contribution is 5.70. The lowest BCUT2D eigenvalue weighted by molar-refractivity contribution is -0.163. The fourth-order valence-electron chi connectivity index (χ4n) is 6.80. The zero-order valence-corrected chi connectivity index (χ0v) is 42.7. The highest BCUT2D eigenvalue weighted by Gasteiger charge is 2.17. The first-order valence-corrected chi connectivity index (χ1v) is 26.7. The Morgan fingerprint density at radius 3 is 1.02 bits per heavy atom. The molecule has 0 radical (unpaired) electrons. The van der Waals surface area contributed by atoms with Gasteiger partial charge in [-0.15, -0.1) is 0 Å². The third-order valence-corrected chi connectivity index (χ3v) is 10.7. The molecule has 66 heavy (non-hydrogen) atoms. The summed E-state index contributed by atoms with van der Waals surface area (Å²) >= 11 is 0. The van der Waals surface area contributed by atoms with Gasteiger partial charge in [0.05, 0.1) is 6.61 Å². The van der Waals surface area contributed by atoms with Crippen LogP contribution in [0.5, 0.6) is 0 Å². The van der Waals surface area contributed by atoms with Gasteiger partial charge < -0.3 is 14.2 Å². The van der Waals surface area contributed by atoms with Gasteiger partial charge >= 0.3 is 11.9 Å². The topological polar surface area (TPSA) is 61.8 Å². The summed E-state index contributed by atoms with van der Waals surface area (Å²) < 4.78 is 17.4. The van der Waals surface area contributed by atoms with E-state index in [0.29, 0.717) is 19.4 Å². The van der Waals surface area contributed by atoms with Crippen LogP contribution in [0.4, 0.5) is 0 Å². The molecule has 0 heterocycles.